The molecule has 100 valence electrons. The maximum atomic E-state index is 11.9. The Kier molecular flexibility index (Phi) is 6.22. The number of carbonyl (C=O) groups is 1. The predicted octanol–water partition coefficient (Wildman–Crippen LogP) is 2.55. The maximum Gasteiger partial charge on any atom is 0.251 e. The summed E-state index contributed by atoms with van der Waals surface area (Å²) in [5.41, 5.74) is 0.660. The fraction of sp³-hybridized carbons (Fsp3) is 0.500. The van der Waals surface area contributed by atoms with Crippen LogP contribution in [-0.4, -0.2) is 29.4 Å². The molecule has 1 aromatic rings. The topological polar surface area (TPSA) is 49.3 Å². The van der Waals surface area contributed by atoms with Gasteiger partial charge in [0.05, 0.1) is 0 Å². The molecule has 1 amide bonds. The minimum absolute atomic E-state index is 0.0350. The molecule has 0 aromatic heterocycles. The zero-order valence-corrected chi connectivity index (χ0v) is 12.0. The van der Waals surface area contributed by atoms with Crippen molar-refractivity contribution in [1.82, 2.24) is 5.32 Å². The van der Waals surface area contributed by atoms with Gasteiger partial charge in [-0.2, -0.15) is 0 Å². The van der Waals surface area contributed by atoms with Gasteiger partial charge in [0.1, 0.15) is 0 Å². The Bertz CT molecular complexity index is 378. The van der Waals surface area contributed by atoms with E-state index in [2.05, 4.69) is 12.2 Å². The van der Waals surface area contributed by atoms with Gasteiger partial charge in [0.15, 0.2) is 0 Å². The summed E-state index contributed by atoms with van der Waals surface area (Å²) in [7, 11) is 0. The van der Waals surface area contributed by atoms with E-state index in [0.29, 0.717) is 5.56 Å². The Labute approximate surface area is 113 Å². The Morgan fingerprint density at radius 3 is 2.44 bits per heavy atom. The summed E-state index contributed by atoms with van der Waals surface area (Å²) >= 11 is 1.75. The van der Waals surface area contributed by atoms with Crippen molar-refractivity contribution in [2.24, 2.45) is 5.92 Å². The van der Waals surface area contributed by atoms with Crippen LogP contribution in [0.4, 0.5) is 0 Å². The average molecular weight is 267 g/mol. The lowest BCUT2D eigenvalue weighted by Crippen LogP contribution is -2.38. The van der Waals surface area contributed by atoms with Crippen LogP contribution in [0.25, 0.3) is 0 Å². The number of aliphatic hydroxyl groups is 1. The van der Waals surface area contributed by atoms with Crippen LogP contribution >= 0.6 is 11.8 Å². The van der Waals surface area contributed by atoms with Crippen molar-refractivity contribution in [1.29, 1.82) is 0 Å². The second-order valence-corrected chi connectivity index (χ2v) is 5.72. The van der Waals surface area contributed by atoms with Crippen molar-refractivity contribution in [2.75, 3.05) is 12.4 Å². The summed E-state index contributed by atoms with van der Waals surface area (Å²) in [6.45, 7) is 5.99. The molecule has 1 aromatic carbocycles. The molecular formula is C14H21NO2S. The van der Waals surface area contributed by atoms with Crippen molar-refractivity contribution in [3.05, 3.63) is 29.8 Å². The molecule has 0 aliphatic rings. The molecule has 1 rings (SSSR count). The zero-order chi connectivity index (χ0) is 13.5. The monoisotopic (exact) mass is 267 g/mol. The molecule has 0 heterocycles. The highest BCUT2D eigenvalue weighted by Gasteiger charge is 2.14. The molecule has 0 radical (unpaired) electrons. The third-order valence-electron chi connectivity index (χ3n) is 2.93. The number of benzene rings is 1. The lowest BCUT2D eigenvalue weighted by Gasteiger charge is -2.19. The van der Waals surface area contributed by atoms with Crippen LogP contribution in [0.15, 0.2) is 29.2 Å². The first-order chi connectivity index (χ1) is 8.58. The highest BCUT2D eigenvalue weighted by atomic mass is 32.2. The molecule has 2 N–H and O–H groups in total. The number of aliphatic hydroxyl groups excluding tert-OH is 1. The van der Waals surface area contributed by atoms with Crippen LogP contribution in [0.2, 0.25) is 0 Å². The number of hydrogen-bond acceptors (Lipinski definition) is 3. The van der Waals surface area contributed by atoms with Gasteiger partial charge in [0.25, 0.3) is 5.91 Å². The second kappa shape index (κ2) is 7.44. The normalized spacial score (nSPS) is 14.0. The minimum atomic E-state index is -0.0872. The van der Waals surface area contributed by atoms with E-state index in [1.165, 1.54) is 4.90 Å². The largest absolute Gasteiger partial charge is 0.396 e. The highest BCUT2D eigenvalue weighted by Crippen LogP contribution is 2.17. The first-order valence-corrected chi connectivity index (χ1v) is 7.21. The van der Waals surface area contributed by atoms with Gasteiger partial charge in [-0.3, -0.25) is 4.79 Å². The highest BCUT2D eigenvalue weighted by molar-refractivity contribution is 7.99. The molecule has 4 heteroatoms. The van der Waals surface area contributed by atoms with E-state index >= 15 is 0 Å². The van der Waals surface area contributed by atoms with E-state index in [9.17, 15) is 4.79 Å². The van der Waals surface area contributed by atoms with E-state index < -0.39 is 0 Å². The molecule has 0 bridgehead atoms. The molecule has 0 spiro atoms. The van der Waals surface area contributed by atoms with Gasteiger partial charge in [0.2, 0.25) is 0 Å². The fourth-order valence-corrected chi connectivity index (χ4v) is 2.12. The van der Waals surface area contributed by atoms with Gasteiger partial charge in [-0.1, -0.05) is 13.8 Å². The maximum absolute atomic E-state index is 11.9. The van der Waals surface area contributed by atoms with Gasteiger partial charge in [0, 0.05) is 23.1 Å². The molecular weight excluding hydrogens is 246 g/mol. The average Bonchev–Trinajstić information content (AvgIpc) is 2.38. The van der Waals surface area contributed by atoms with Crippen molar-refractivity contribution in [2.45, 2.75) is 31.7 Å². The van der Waals surface area contributed by atoms with Crippen molar-refractivity contribution in [3.63, 3.8) is 0 Å². The van der Waals surface area contributed by atoms with Crippen LogP contribution in [-0.2, 0) is 0 Å². The first kappa shape index (κ1) is 15.1. The number of amides is 1. The molecule has 2 atom stereocenters. The Morgan fingerprint density at radius 2 is 1.94 bits per heavy atom. The van der Waals surface area contributed by atoms with Crippen LogP contribution in [0, 0.1) is 5.92 Å². The standard InChI is InChI=1S/C14H21NO2S/c1-4-18-13-7-5-12(6-8-13)14(17)15-11(3)10(2)9-16/h5-8,10-11,16H,4,9H2,1-3H3,(H,15,17). The van der Waals surface area contributed by atoms with Crippen molar-refractivity contribution in [3.8, 4) is 0 Å². The Balaban J connectivity index is 2.61. The minimum Gasteiger partial charge on any atom is -0.396 e. The first-order valence-electron chi connectivity index (χ1n) is 6.23. The molecule has 18 heavy (non-hydrogen) atoms. The van der Waals surface area contributed by atoms with Crippen molar-refractivity contribution < 1.29 is 9.90 Å². The van der Waals surface area contributed by atoms with E-state index in [4.69, 9.17) is 5.11 Å². The van der Waals surface area contributed by atoms with Crippen LogP contribution < -0.4 is 5.32 Å². The number of thioether (sulfide) groups is 1. The summed E-state index contributed by atoms with van der Waals surface area (Å²) in [6, 6.07) is 7.56. The third kappa shape index (κ3) is 4.35. The van der Waals surface area contributed by atoms with Crippen LogP contribution in [0.5, 0.6) is 0 Å². The molecule has 0 fully saturated rings. The molecule has 0 aliphatic carbocycles. The lowest BCUT2D eigenvalue weighted by molar-refractivity contribution is 0.0916. The number of nitrogens with one attached hydrogen (secondary N) is 1. The SMILES string of the molecule is CCSc1ccc(C(=O)NC(C)C(C)CO)cc1. The Hall–Kier alpha value is -1.00. The zero-order valence-electron chi connectivity index (χ0n) is 11.1. The van der Waals surface area contributed by atoms with E-state index in [1.54, 1.807) is 11.8 Å². The van der Waals surface area contributed by atoms with Gasteiger partial charge in [-0.15, -0.1) is 11.8 Å². The van der Waals surface area contributed by atoms with E-state index in [-0.39, 0.29) is 24.5 Å². The van der Waals surface area contributed by atoms with Crippen LogP contribution in [0.1, 0.15) is 31.1 Å². The molecule has 0 aliphatic heterocycles. The van der Waals surface area contributed by atoms with Gasteiger partial charge in [-0.05, 0) is 42.9 Å². The summed E-state index contributed by atoms with van der Waals surface area (Å²) in [6.07, 6.45) is 0. The van der Waals surface area contributed by atoms with Crippen molar-refractivity contribution >= 4 is 17.7 Å². The summed E-state index contributed by atoms with van der Waals surface area (Å²) in [5, 5.41) is 11.9. The Morgan fingerprint density at radius 1 is 1.33 bits per heavy atom. The number of hydrogen-bond donors (Lipinski definition) is 2. The molecule has 0 saturated carbocycles. The quantitative estimate of drug-likeness (QED) is 0.779. The van der Waals surface area contributed by atoms with Gasteiger partial charge < -0.3 is 10.4 Å². The second-order valence-electron chi connectivity index (χ2n) is 4.38. The summed E-state index contributed by atoms with van der Waals surface area (Å²) in [5.74, 6) is 0.996. The van der Waals surface area contributed by atoms with E-state index in [1.807, 2.05) is 38.1 Å². The molecule has 0 saturated heterocycles. The lowest BCUT2D eigenvalue weighted by atomic mass is 10.0. The third-order valence-corrected chi connectivity index (χ3v) is 3.82. The number of carbonyl (C=O) groups excluding carboxylic acids is 1. The van der Waals surface area contributed by atoms with Gasteiger partial charge in [-0.25, -0.2) is 0 Å². The summed E-state index contributed by atoms with van der Waals surface area (Å²) in [4.78, 5) is 13.1. The number of rotatable bonds is 6. The fourth-order valence-electron chi connectivity index (χ4n) is 1.46. The molecule has 2 unspecified atom stereocenters. The van der Waals surface area contributed by atoms with Gasteiger partial charge >= 0.3 is 0 Å². The van der Waals surface area contributed by atoms with Crippen LogP contribution in [0.3, 0.4) is 0 Å². The predicted molar refractivity (Wildman–Crippen MR) is 76.0 cm³/mol. The molecule has 3 nitrogen and oxygen atoms in total. The smallest absolute Gasteiger partial charge is 0.251 e. The van der Waals surface area contributed by atoms with E-state index in [0.717, 1.165) is 5.75 Å². The summed E-state index contributed by atoms with van der Waals surface area (Å²) < 4.78 is 0.